The van der Waals surface area contributed by atoms with Crippen LogP contribution >= 0.6 is 0 Å². The maximum Gasteiger partial charge on any atom is 0.338 e. The number of aromatic nitrogens is 3. The van der Waals surface area contributed by atoms with Crippen LogP contribution in [0, 0.1) is 0 Å². The topological polar surface area (TPSA) is 103 Å². The highest BCUT2D eigenvalue weighted by Gasteiger charge is 2.27. The van der Waals surface area contributed by atoms with Crippen molar-refractivity contribution in [1.29, 1.82) is 0 Å². The highest BCUT2D eigenvalue weighted by Crippen LogP contribution is 2.32. The molecule has 4 rings (SSSR count). The predicted octanol–water partition coefficient (Wildman–Crippen LogP) is 2.36. The van der Waals surface area contributed by atoms with E-state index in [1.807, 2.05) is 0 Å². The summed E-state index contributed by atoms with van der Waals surface area (Å²) in [4.78, 5) is 40.1. The molecule has 1 aliphatic heterocycles. The predicted molar refractivity (Wildman–Crippen MR) is 99.5 cm³/mol. The Bertz CT molecular complexity index is 1060. The van der Waals surface area contributed by atoms with E-state index in [2.05, 4.69) is 15.4 Å². The number of hydrogen-bond donors (Lipinski definition) is 1. The molecule has 2 heterocycles. The highest BCUT2D eigenvalue weighted by atomic mass is 16.5. The minimum atomic E-state index is -0.593. The number of esters is 1. The Hall–Kier alpha value is -3.81. The highest BCUT2D eigenvalue weighted by molar-refractivity contribution is 6.05. The number of nitrogens with zero attached hydrogens (tertiary/aromatic N) is 3. The molecule has 0 aliphatic carbocycles. The van der Waals surface area contributed by atoms with E-state index in [0.29, 0.717) is 16.8 Å². The second kappa shape index (κ2) is 7.07. The van der Waals surface area contributed by atoms with Crippen molar-refractivity contribution < 1.29 is 19.1 Å². The van der Waals surface area contributed by atoms with E-state index in [1.54, 1.807) is 60.4 Å². The number of rotatable bonds is 5. The number of hydrogen-bond acceptors (Lipinski definition) is 6. The molecular formula is C20H16N4O4. The van der Waals surface area contributed by atoms with Crippen LogP contribution in [0.3, 0.4) is 0 Å². The first-order chi connectivity index (χ1) is 13.5. The van der Waals surface area contributed by atoms with Crippen molar-refractivity contribution in [3.63, 3.8) is 0 Å². The molecule has 0 fully saturated rings. The van der Waals surface area contributed by atoms with Gasteiger partial charge in [0.25, 0.3) is 0 Å². The van der Waals surface area contributed by atoms with E-state index < -0.39 is 5.97 Å². The van der Waals surface area contributed by atoms with Gasteiger partial charge in [0.1, 0.15) is 12.7 Å². The molecule has 140 valence electrons. The quantitative estimate of drug-likeness (QED) is 0.542. The first kappa shape index (κ1) is 17.6. The van der Waals surface area contributed by atoms with Gasteiger partial charge < -0.3 is 10.1 Å². The molecule has 3 aromatic rings. The molecule has 1 aliphatic rings. The van der Waals surface area contributed by atoms with E-state index in [4.69, 9.17) is 4.74 Å². The smallest absolute Gasteiger partial charge is 0.338 e. The Balaban J connectivity index is 1.40. The third kappa shape index (κ3) is 3.27. The summed E-state index contributed by atoms with van der Waals surface area (Å²) in [6.45, 7) is 1.40. The van der Waals surface area contributed by atoms with Crippen molar-refractivity contribution in [2.45, 2.75) is 12.8 Å². The van der Waals surface area contributed by atoms with Crippen LogP contribution in [0.5, 0.6) is 0 Å². The molecule has 0 spiro atoms. The number of benzene rings is 2. The van der Waals surface area contributed by atoms with Gasteiger partial charge in [-0.2, -0.15) is 5.10 Å². The average molecular weight is 376 g/mol. The standard InChI is InChI=1S/C20H16N4O4/c1-12-16-8-14(4-7-17(16)23-19(12)26)18(25)9-28-20(27)13-2-5-15(6-3-13)24-11-21-10-22-24/h2-8,10-12H,9H2,1H3,(H,23,26)/t12-/m1/s1. The number of carbonyl (C=O) groups is 3. The number of carbonyl (C=O) groups excluding carboxylic acids is 3. The van der Waals surface area contributed by atoms with Crippen LogP contribution in [0.2, 0.25) is 0 Å². The lowest BCUT2D eigenvalue weighted by Gasteiger charge is -2.07. The van der Waals surface area contributed by atoms with Crippen LogP contribution < -0.4 is 5.32 Å². The molecule has 0 unspecified atom stereocenters. The van der Waals surface area contributed by atoms with Crippen LogP contribution in [0.15, 0.2) is 55.1 Å². The molecule has 8 nitrogen and oxygen atoms in total. The van der Waals surface area contributed by atoms with Gasteiger partial charge in [-0.3, -0.25) is 9.59 Å². The van der Waals surface area contributed by atoms with Crippen molar-refractivity contribution in [3.8, 4) is 5.69 Å². The molecular weight excluding hydrogens is 360 g/mol. The maximum atomic E-state index is 12.4. The Morgan fingerprint density at radius 1 is 1.14 bits per heavy atom. The first-order valence-corrected chi connectivity index (χ1v) is 8.63. The number of amides is 1. The second-order valence-corrected chi connectivity index (χ2v) is 6.40. The number of fused-ring (bicyclic) bond motifs is 1. The Morgan fingerprint density at radius 2 is 1.89 bits per heavy atom. The molecule has 1 atom stereocenters. The third-order valence-electron chi connectivity index (χ3n) is 4.61. The van der Waals surface area contributed by atoms with Crippen molar-refractivity contribution >= 4 is 23.3 Å². The maximum absolute atomic E-state index is 12.4. The van der Waals surface area contributed by atoms with Crippen LogP contribution in [-0.4, -0.2) is 39.0 Å². The minimum absolute atomic E-state index is 0.0969. The summed E-state index contributed by atoms with van der Waals surface area (Å²) >= 11 is 0. The zero-order valence-electron chi connectivity index (χ0n) is 15.0. The van der Waals surface area contributed by atoms with Gasteiger partial charge in [-0.05, 0) is 55.0 Å². The summed E-state index contributed by atoms with van der Waals surface area (Å²) in [5.74, 6) is -1.33. The summed E-state index contributed by atoms with van der Waals surface area (Å²) in [5.41, 5.74) is 2.95. The Labute approximate surface area is 160 Å². The SMILES string of the molecule is C[C@H]1C(=O)Nc2ccc(C(=O)COC(=O)c3ccc(-n4cncn4)cc3)cc21. The van der Waals surface area contributed by atoms with E-state index in [1.165, 1.54) is 6.33 Å². The van der Waals surface area contributed by atoms with E-state index in [9.17, 15) is 14.4 Å². The lowest BCUT2D eigenvalue weighted by molar-refractivity contribution is -0.116. The number of anilines is 1. The van der Waals surface area contributed by atoms with Crippen molar-refractivity contribution in [2.24, 2.45) is 0 Å². The molecule has 28 heavy (non-hydrogen) atoms. The van der Waals surface area contributed by atoms with Gasteiger partial charge in [-0.25, -0.2) is 14.5 Å². The van der Waals surface area contributed by atoms with E-state index >= 15 is 0 Å². The normalized spacial score (nSPS) is 15.0. The molecule has 1 N–H and O–H groups in total. The number of nitrogens with one attached hydrogen (secondary N) is 1. The third-order valence-corrected chi connectivity index (χ3v) is 4.61. The Morgan fingerprint density at radius 3 is 2.61 bits per heavy atom. The zero-order valence-corrected chi connectivity index (χ0v) is 15.0. The van der Waals surface area contributed by atoms with Gasteiger partial charge in [-0.15, -0.1) is 0 Å². The van der Waals surface area contributed by atoms with Crippen molar-refractivity contribution in [3.05, 3.63) is 71.8 Å². The number of Topliss-reactive ketones (excluding diaryl/α,β-unsaturated/α-hetero) is 1. The van der Waals surface area contributed by atoms with Gasteiger partial charge in [0.2, 0.25) is 5.91 Å². The van der Waals surface area contributed by atoms with Crippen LogP contribution in [0.1, 0.15) is 39.1 Å². The molecule has 1 aromatic heterocycles. The monoisotopic (exact) mass is 376 g/mol. The molecule has 8 heteroatoms. The number of ketones is 1. The summed E-state index contributed by atoms with van der Waals surface area (Å²) in [5, 5.41) is 6.76. The average Bonchev–Trinajstić information content (AvgIpc) is 3.35. The second-order valence-electron chi connectivity index (χ2n) is 6.40. The largest absolute Gasteiger partial charge is 0.454 e. The summed E-state index contributed by atoms with van der Waals surface area (Å²) < 4.78 is 6.70. The van der Waals surface area contributed by atoms with Crippen molar-refractivity contribution in [1.82, 2.24) is 14.8 Å². The lowest BCUT2D eigenvalue weighted by Crippen LogP contribution is -2.14. The van der Waals surface area contributed by atoms with Gasteiger partial charge in [0.05, 0.1) is 17.2 Å². The fourth-order valence-electron chi connectivity index (χ4n) is 2.98. The van der Waals surface area contributed by atoms with E-state index in [-0.39, 0.29) is 24.2 Å². The first-order valence-electron chi connectivity index (χ1n) is 8.63. The molecule has 0 radical (unpaired) electrons. The van der Waals surface area contributed by atoms with Gasteiger partial charge >= 0.3 is 5.97 Å². The molecule has 0 saturated heterocycles. The fourth-order valence-corrected chi connectivity index (χ4v) is 2.98. The summed E-state index contributed by atoms with van der Waals surface area (Å²) in [7, 11) is 0. The van der Waals surface area contributed by atoms with E-state index in [0.717, 1.165) is 11.3 Å². The molecule has 0 saturated carbocycles. The van der Waals surface area contributed by atoms with Crippen LogP contribution in [0.4, 0.5) is 5.69 Å². The van der Waals surface area contributed by atoms with Gasteiger partial charge in [0.15, 0.2) is 12.4 Å². The minimum Gasteiger partial charge on any atom is -0.454 e. The van der Waals surface area contributed by atoms with Crippen LogP contribution in [0.25, 0.3) is 5.69 Å². The fraction of sp³-hybridized carbons (Fsp3) is 0.150. The summed E-state index contributed by atoms with van der Waals surface area (Å²) in [6, 6.07) is 11.6. The van der Waals surface area contributed by atoms with Gasteiger partial charge in [-0.1, -0.05) is 0 Å². The summed E-state index contributed by atoms with van der Waals surface area (Å²) in [6.07, 6.45) is 2.96. The lowest BCUT2D eigenvalue weighted by atomic mass is 9.99. The Kier molecular flexibility index (Phi) is 4.44. The zero-order chi connectivity index (χ0) is 19.7. The number of ether oxygens (including phenoxy) is 1. The van der Waals surface area contributed by atoms with Crippen molar-refractivity contribution in [2.75, 3.05) is 11.9 Å². The molecule has 0 bridgehead atoms. The molecule has 1 amide bonds. The molecule has 2 aromatic carbocycles. The van der Waals surface area contributed by atoms with Gasteiger partial charge in [0, 0.05) is 11.3 Å². The van der Waals surface area contributed by atoms with Crippen LogP contribution in [-0.2, 0) is 9.53 Å².